The summed E-state index contributed by atoms with van der Waals surface area (Å²) in [6.07, 6.45) is 4.63. The highest BCUT2D eigenvalue weighted by Crippen LogP contribution is 2.55. The van der Waals surface area contributed by atoms with E-state index in [0.717, 1.165) is 54.8 Å². The summed E-state index contributed by atoms with van der Waals surface area (Å²) >= 11 is 0. The number of carbonyl (C=O) groups is 2. The van der Waals surface area contributed by atoms with Crippen molar-refractivity contribution in [3.05, 3.63) is 34.9 Å². The summed E-state index contributed by atoms with van der Waals surface area (Å²) in [6, 6.07) is 4.09. The highest BCUT2D eigenvalue weighted by atomic mass is 16.7. The number of carbonyl (C=O) groups excluding carboxylic acids is 2. The molecule has 5 rings (SSSR count). The molecule has 9 nitrogen and oxygen atoms in total. The zero-order valence-electron chi connectivity index (χ0n) is 25.0. The molecular weight excluding hydrogens is 526 g/mol. The van der Waals surface area contributed by atoms with Crippen molar-refractivity contribution in [2.24, 2.45) is 5.92 Å². The van der Waals surface area contributed by atoms with E-state index in [-0.39, 0.29) is 37.2 Å². The van der Waals surface area contributed by atoms with Gasteiger partial charge in [0.1, 0.15) is 6.10 Å². The van der Waals surface area contributed by atoms with Gasteiger partial charge in [-0.15, -0.1) is 0 Å². The van der Waals surface area contributed by atoms with Crippen molar-refractivity contribution in [2.75, 3.05) is 26.5 Å². The van der Waals surface area contributed by atoms with Crippen LogP contribution >= 0.6 is 0 Å². The van der Waals surface area contributed by atoms with Gasteiger partial charge in [0.25, 0.3) is 0 Å². The largest absolute Gasteiger partial charge is 0.465 e. The Labute approximate surface area is 242 Å². The van der Waals surface area contributed by atoms with Crippen LogP contribution in [0, 0.1) is 5.92 Å². The maximum Gasteiger partial charge on any atom is 0.339 e. The van der Waals surface area contributed by atoms with Crippen LogP contribution < -0.4 is 9.47 Å². The standard InChI is InChI=1S/C32H45NO8/c1-20(2)18-38-26(34)17-32(37,11-6-9-30(4,5)36)29(35)41-28-21(3)16-31-10-7-12-33(31)13-8-22-14-24-25(40-19-39-24)15-23(22)27(28)31/h14-16,20,27-28,36-37H,6-13,17-19H2,1-5H3/t27-,28?,31?,32-/m1/s1. The summed E-state index contributed by atoms with van der Waals surface area (Å²) in [7, 11) is 0. The average Bonchev–Trinajstić information content (AvgIpc) is 3.55. The van der Waals surface area contributed by atoms with E-state index in [4.69, 9.17) is 18.9 Å². The Bertz CT molecular complexity index is 1200. The van der Waals surface area contributed by atoms with Gasteiger partial charge in [0.05, 0.1) is 24.2 Å². The Balaban J connectivity index is 1.45. The van der Waals surface area contributed by atoms with Gasteiger partial charge < -0.3 is 29.2 Å². The molecule has 1 fully saturated rings. The van der Waals surface area contributed by atoms with Crippen molar-refractivity contribution in [2.45, 2.75) is 108 Å². The first-order chi connectivity index (χ1) is 19.3. The summed E-state index contributed by atoms with van der Waals surface area (Å²) in [5.41, 5.74) is -0.193. The molecule has 41 heavy (non-hydrogen) atoms. The lowest BCUT2D eigenvalue weighted by Gasteiger charge is -2.40. The van der Waals surface area contributed by atoms with Gasteiger partial charge >= 0.3 is 11.9 Å². The Morgan fingerprint density at radius 2 is 1.88 bits per heavy atom. The molecular formula is C32H45NO8. The summed E-state index contributed by atoms with van der Waals surface area (Å²) in [6.45, 7) is 11.4. The Morgan fingerprint density at radius 3 is 2.59 bits per heavy atom. The molecule has 3 heterocycles. The molecule has 0 radical (unpaired) electrons. The van der Waals surface area contributed by atoms with Gasteiger partial charge in [0.15, 0.2) is 17.1 Å². The Kier molecular flexibility index (Phi) is 8.18. The fourth-order valence-corrected chi connectivity index (χ4v) is 7.05. The highest BCUT2D eigenvalue weighted by Gasteiger charge is 2.57. The van der Waals surface area contributed by atoms with Crippen LogP contribution in [0.5, 0.6) is 11.5 Å². The van der Waals surface area contributed by atoms with E-state index in [1.807, 2.05) is 26.8 Å². The molecule has 0 bridgehead atoms. The van der Waals surface area contributed by atoms with Crippen LogP contribution in [0.15, 0.2) is 23.8 Å². The van der Waals surface area contributed by atoms with Gasteiger partial charge in [-0.2, -0.15) is 0 Å². The first-order valence-corrected chi connectivity index (χ1v) is 15.0. The molecule has 1 aromatic carbocycles. The molecule has 1 aliphatic carbocycles. The lowest BCUT2D eigenvalue weighted by Crippen LogP contribution is -2.49. The second-order valence-corrected chi connectivity index (χ2v) is 13.4. The van der Waals surface area contributed by atoms with E-state index >= 15 is 0 Å². The number of nitrogens with zero attached hydrogens (tertiary/aromatic N) is 1. The normalized spacial score (nSPS) is 26.5. The minimum absolute atomic E-state index is 0.0285. The van der Waals surface area contributed by atoms with Crippen LogP contribution in [0.1, 0.15) is 90.2 Å². The molecule has 3 aliphatic heterocycles. The molecule has 4 aliphatic rings. The number of rotatable bonds is 10. The fraction of sp³-hybridized carbons (Fsp3) is 0.688. The Morgan fingerprint density at radius 1 is 1.15 bits per heavy atom. The maximum atomic E-state index is 13.9. The lowest BCUT2D eigenvalue weighted by atomic mass is 9.77. The molecule has 2 N–H and O–H groups in total. The van der Waals surface area contributed by atoms with Gasteiger partial charge in [0, 0.05) is 12.5 Å². The molecule has 9 heteroatoms. The predicted molar refractivity (Wildman–Crippen MR) is 152 cm³/mol. The number of aliphatic hydroxyl groups is 2. The SMILES string of the molecule is CC1=CC23CCCN2CCc2cc4c(cc2[C@@H]3C1OC(=O)[C@@](O)(CCCC(C)(C)O)CC(=O)OCC(C)C)OCO4. The predicted octanol–water partition coefficient (Wildman–Crippen LogP) is 4.02. The number of benzene rings is 1. The van der Waals surface area contributed by atoms with Crippen molar-refractivity contribution >= 4 is 11.9 Å². The first-order valence-electron chi connectivity index (χ1n) is 15.0. The van der Waals surface area contributed by atoms with Crippen LogP contribution in [-0.4, -0.2) is 76.4 Å². The van der Waals surface area contributed by atoms with Crippen LogP contribution in [0.3, 0.4) is 0 Å². The summed E-state index contributed by atoms with van der Waals surface area (Å²) in [5, 5.41) is 21.9. The summed E-state index contributed by atoms with van der Waals surface area (Å²) in [5.74, 6) is -0.119. The number of hydrogen-bond acceptors (Lipinski definition) is 9. The maximum absolute atomic E-state index is 13.9. The molecule has 1 aromatic rings. The molecule has 2 unspecified atom stereocenters. The van der Waals surface area contributed by atoms with E-state index in [9.17, 15) is 19.8 Å². The molecule has 0 saturated carbocycles. The van der Waals surface area contributed by atoms with Gasteiger partial charge in [0.2, 0.25) is 6.79 Å². The average molecular weight is 572 g/mol. The zero-order valence-corrected chi connectivity index (χ0v) is 25.0. The van der Waals surface area contributed by atoms with Crippen molar-refractivity contribution < 1.29 is 38.7 Å². The van der Waals surface area contributed by atoms with Crippen LogP contribution in [0.2, 0.25) is 0 Å². The summed E-state index contributed by atoms with van der Waals surface area (Å²) in [4.78, 5) is 29.2. The van der Waals surface area contributed by atoms with Gasteiger partial charge in [-0.1, -0.05) is 19.9 Å². The lowest BCUT2D eigenvalue weighted by molar-refractivity contribution is -0.178. The Hall–Kier alpha value is -2.62. The van der Waals surface area contributed by atoms with Gasteiger partial charge in [-0.25, -0.2) is 4.79 Å². The zero-order chi connectivity index (χ0) is 29.6. The second-order valence-electron chi connectivity index (χ2n) is 13.4. The number of fused-ring (bicyclic) bond motifs is 3. The van der Waals surface area contributed by atoms with E-state index in [1.165, 1.54) is 0 Å². The monoisotopic (exact) mass is 571 g/mol. The third kappa shape index (κ3) is 5.99. The quantitative estimate of drug-likeness (QED) is 0.317. The third-order valence-corrected chi connectivity index (χ3v) is 8.99. The topological polar surface area (TPSA) is 115 Å². The molecule has 4 atom stereocenters. The van der Waals surface area contributed by atoms with Crippen molar-refractivity contribution in [1.82, 2.24) is 4.90 Å². The fourth-order valence-electron chi connectivity index (χ4n) is 7.05. The molecule has 1 spiro atoms. The number of esters is 2. The molecule has 226 valence electrons. The van der Waals surface area contributed by atoms with Crippen LogP contribution in [0.25, 0.3) is 0 Å². The minimum atomic E-state index is -2.08. The van der Waals surface area contributed by atoms with Crippen molar-refractivity contribution in [1.29, 1.82) is 0 Å². The van der Waals surface area contributed by atoms with E-state index in [0.29, 0.717) is 18.6 Å². The molecule has 0 aromatic heterocycles. The number of hydrogen-bond donors (Lipinski definition) is 2. The van der Waals surface area contributed by atoms with Crippen LogP contribution in [0.4, 0.5) is 0 Å². The number of ether oxygens (including phenoxy) is 4. The first kappa shape index (κ1) is 29.9. The van der Waals surface area contributed by atoms with Crippen molar-refractivity contribution in [3.8, 4) is 11.5 Å². The highest BCUT2D eigenvalue weighted by molar-refractivity contribution is 5.86. The van der Waals surface area contributed by atoms with E-state index in [2.05, 4.69) is 17.0 Å². The van der Waals surface area contributed by atoms with E-state index in [1.54, 1.807) is 13.8 Å². The van der Waals surface area contributed by atoms with Gasteiger partial charge in [-0.05, 0) is 101 Å². The third-order valence-electron chi connectivity index (χ3n) is 8.99. The van der Waals surface area contributed by atoms with Crippen LogP contribution in [-0.2, 0) is 25.5 Å². The minimum Gasteiger partial charge on any atom is -0.465 e. The van der Waals surface area contributed by atoms with Gasteiger partial charge in [-0.3, -0.25) is 9.69 Å². The second kappa shape index (κ2) is 11.2. The summed E-state index contributed by atoms with van der Waals surface area (Å²) < 4.78 is 23.0. The smallest absolute Gasteiger partial charge is 0.339 e. The molecule has 1 saturated heterocycles. The van der Waals surface area contributed by atoms with E-state index < -0.39 is 35.7 Å². The molecule has 0 amide bonds. The van der Waals surface area contributed by atoms with Crippen molar-refractivity contribution in [3.63, 3.8) is 0 Å².